The van der Waals surface area contributed by atoms with Crippen molar-refractivity contribution in [2.24, 2.45) is 0 Å². The zero-order valence-electron chi connectivity index (χ0n) is 35.2. The summed E-state index contributed by atoms with van der Waals surface area (Å²) in [5.74, 6) is 0. The molecule has 0 radical (unpaired) electrons. The van der Waals surface area contributed by atoms with Gasteiger partial charge in [0.2, 0.25) is 0 Å². The summed E-state index contributed by atoms with van der Waals surface area (Å²) in [6, 6.07) is 97.4. The number of hydrogen-bond acceptors (Lipinski definition) is 2. The van der Waals surface area contributed by atoms with Crippen LogP contribution in [0.4, 0.5) is 17.1 Å². The summed E-state index contributed by atoms with van der Waals surface area (Å²) in [7, 11) is -2.82. The van der Waals surface area contributed by atoms with E-state index in [0.29, 0.717) is 0 Å². The van der Waals surface area contributed by atoms with E-state index < -0.39 is 13.5 Å². The second kappa shape index (κ2) is 15.7. The first kappa shape index (κ1) is 38.3. The number of fused-ring (bicyclic) bond motifs is 8. The highest BCUT2D eigenvalue weighted by molar-refractivity contribution is 7.99. The van der Waals surface area contributed by atoms with E-state index in [-0.39, 0.29) is 0 Å². The largest absolute Gasteiger partial charge is 0.310 e. The molecule has 1 spiro atoms. The maximum absolute atomic E-state index is 2.82. The number of rotatable bonds is 7. The summed E-state index contributed by atoms with van der Waals surface area (Å²) in [4.78, 5) is 4.98. The van der Waals surface area contributed by atoms with E-state index >= 15 is 0 Å². The Morgan fingerprint density at radius 2 is 0.750 bits per heavy atom. The number of para-hydroxylation sites is 1. The van der Waals surface area contributed by atoms with Gasteiger partial charge in [-0.05, 0) is 108 Å². The molecule has 302 valence electrons. The highest BCUT2D eigenvalue weighted by Crippen LogP contribution is 2.57. The summed E-state index contributed by atoms with van der Waals surface area (Å²) >= 11 is 1.90. The molecule has 2 aliphatic rings. The van der Waals surface area contributed by atoms with E-state index in [1.165, 1.54) is 75.0 Å². The van der Waals surface area contributed by atoms with Gasteiger partial charge in [-0.3, -0.25) is 0 Å². The van der Waals surface area contributed by atoms with Gasteiger partial charge in [-0.1, -0.05) is 230 Å². The van der Waals surface area contributed by atoms with Gasteiger partial charge in [-0.25, -0.2) is 0 Å². The van der Waals surface area contributed by atoms with Crippen molar-refractivity contribution in [3.8, 4) is 22.3 Å². The monoisotopic (exact) mass is 849 g/mol. The van der Waals surface area contributed by atoms with Crippen molar-refractivity contribution in [3.05, 3.63) is 283 Å². The van der Waals surface area contributed by atoms with Crippen molar-refractivity contribution in [2.75, 3.05) is 4.90 Å². The smallest absolute Gasteiger partial charge is 0.180 e. The Balaban J connectivity index is 1.12. The SMILES string of the molecule is c1ccc(-c2ccc(N(c3ccccc3)c3ccc4c(c3)Sc3ccccc3C43c4ccccc4[Si](c4ccccc4)(c4ccccc4)c4ccccc43)cc2-c2ccccc2)cc1. The summed E-state index contributed by atoms with van der Waals surface area (Å²) in [6.45, 7) is 0. The average molecular weight is 850 g/mol. The number of hydrogen-bond donors (Lipinski definition) is 0. The quantitative estimate of drug-likeness (QED) is 0.147. The fourth-order valence-corrected chi connectivity index (χ4v) is 17.4. The molecule has 2 heterocycles. The molecule has 64 heavy (non-hydrogen) atoms. The second-order valence-electron chi connectivity index (χ2n) is 16.7. The van der Waals surface area contributed by atoms with Crippen LogP contribution in [0.25, 0.3) is 22.3 Å². The van der Waals surface area contributed by atoms with Gasteiger partial charge in [0.05, 0.1) is 5.41 Å². The molecule has 0 unspecified atom stereocenters. The Hall–Kier alpha value is -7.43. The van der Waals surface area contributed by atoms with Crippen LogP contribution < -0.4 is 25.6 Å². The van der Waals surface area contributed by atoms with Gasteiger partial charge in [0.15, 0.2) is 8.07 Å². The van der Waals surface area contributed by atoms with Gasteiger partial charge >= 0.3 is 0 Å². The minimum atomic E-state index is -2.82. The molecular formula is C61H43NSSi. The predicted molar refractivity (Wildman–Crippen MR) is 272 cm³/mol. The lowest BCUT2D eigenvalue weighted by atomic mass is 9.64. The minimum absolute atomic E-state index is 0.557. The maximum atomic E-state index is 2.46. The van der Waals surface area contributed by atoms with Gasteiger partial charge in [0.25, 0.3) is 0 Å². The molecule has 12 rings (SSSR count). The summed E-state index contributed by atoms with van der Waals surface area (Å²) in [6.07, 6.45) is 0. The standard InChI is InChI=1S/C61H43NSSi/c1-6-22-44(23-7-1)51-40-38-47(42-52(51)45-24-8-2-9-25-45)62(46-26-10-3-11-27-46)48-39-41-54-58(43-48)63-57-35-19-16-32-53(57)61(54)55-33-17-20-36-59(55)64(49-28-12-4-13-29-49,50-30-14-5-15-31-50)60-37-21-18-34-56(60)61/h1-43H. The summed E-state index contributed by atoms with van der Waals surface area (Å²) < 4.78 is 0. The molecule has 0 aliphatic carbocycles. The molecule has 3 heteroatoms. The Labute approximate surface area is 381 Å². The Morgan fingerprint density at radius 3 is 1.34 bits per heavy atom. The molecule has 1 nitrogen and oxygen atoms in total. The van der Waals surface area contributed by atoms with Crippen LogP contribution in [-0.2, 0) is 5.41 Å². The number of benzene rings is 10. The van der Waals surface area contributed by atoms with Crippen LogP contribution in [0.3, 0.4) is 0 Å². The number of nitrogens with zero attached hydrogens (tertiary/aromatic N) is 1. The zero-order valence-corrected chi connectivity index (χ0v) is 37.0. The van der Waals surface area contributed by atoms with Gasteiger partial charge < -0.3 is 4.90 Å². The zero-order chi connectivity index (χ0) is 42.5. The third-order valence-corrected chi connectivity index (χ3v) is 19.5. The Morgan fingerprint density at radius 1 is 0.312 bits per heavy atom. The topological polar surface area (TPSA) is 3.24 Å². The third-order valence-electron chi connectivity index (χ3n) is 13.5. The molecule has 10 aromatic rings. The van der Waals surface area contributed by atoms with E-state index in [9.17, 15) is 0 Å². The molecule has 0 saturated heterocycles. The van der Waals surface area contributed by atoms with Crippen molar-refractivity contribution in [2.45, 2.75) is 15.2 Å². The molecular weight excluding hydrogens is 807 g/mol. The van der Waals surface area contributed by atoms with Crippen LogP contribution in [0.1, 0.15) is 22.3 Å². The highest BCUT2D eigenvalue weighted by atomic mass is 32.2. The van der Waals surface area contributed by atoms with Crippen LogP contribution in [0, 0.1) is 0 Å². The first-order valence-corrected chi connectivity index (χ1v) is 24.9. The first-order valence-electron chi connectivity index (χ1n) is 22.1. The molecule has 0 bridgehead atoms. The molecule has 10 aromatic carbocycles. The lowest BCUT2D eigenvalue weighted by Crippen LogP contribution is -2.79. The van der Waals surface area contributed by atoms with Crippen LogP contribution in [0.2, 0.25) is 0 Å². The van der Waals surface area contributed by atoms with Crippen molar-refractivity contribution < 1.29 is 0 Å². The molecule has 2 aliphatic heterocycles. The lowest BCUT2D eigenvalue weighted by molar-refractivity contribution is 0.707. The Bertz CT molecular complexity index is 3210. The fraction of sp³-hybridized carbons (Fsp3) is 0.0164. The van der Waals surface area contributed by atoms with Crippen molar-refractivity contribution >= 4 is 57.6 Å². The molecule has 0 atom stereocenters. The van der Waals surface area contributed by atoms with Crippen molar-refractivity contribution in [3.63, 3.8) is 0 Å². The molecule has 0 amide bonds. The molecule has 0 saturated carbocycles. The van der Waals surface area contributed by atoms with Crippen LogP contribution >= 0.6 is 11.8 Å². The van der Waals surface area contributed by atoms with E-state index in [4.69, 9.17) is 0 Å². The van der Waals surface area contributed by atoms with Crippen LogP contribution in [-0.4, -0.2) is 8.07 Å². The third kappa shape index (κ3) is 5.85. The van der Waals surface area contributed by atoms with Gasteiger partial charge in [0, 0.05) is 26.9 Å². The van der Waals surface area contributed by atoms with E-state index in [1.54, 1.807) is 0 Å². The average Bonchev–Trinajstić information content (AvgIpc) is 3.38. The van der Waals surface area contributed by atoms with E-state index in [0.717, 1.165) is 17.1 Å². The minimum Gasteiger partial charge on any atom is -0.310 e. The van der Waals surface area contributed by atoms with Gasteiger partial charge in [0.1, 0.15) is 0 Å². The van der Waals surface area contributed by atoms with Crippen molar-refractivity contribution in [1.82, 2.24) is 0 Å². The fourth-order valence-electron chi connectivity index (χ4n) is 10.9. The lowest BCUT2D eigenvalue weighted by Gasteiger charge is -2.51. The number of anilines is 3. The predicted octanol–water partition coefficient (Wildman–Crippen LogP) is 13.0. The van der Waals surface area contributed by atoms with Crippen molar-refractivity contribution in [1.29, 1.82) is 0 Å². The maximum Gasteiger partial charge on any atom is 0.180 e. The van der Waals surface area contributed by atoms with E-state index in [1.807, 2.05) is 11.8 Å². The molecule has 0 fully saturated rings. The van der Waals surface area contributed by atoms with E-state index in [2.05, 4.69) is 266 Å². The highest BCUT2D eigenvalue weighted by Gasteiger charge is 2.57. The van der Waals surface area contributed by atoms with Crippen LogP contribution in [0.15, 0.2) is 271 Å². The molecule has 0 N–H and O–H groups in total. The Kier molecular flexibility index (Phi) is 9.40. The van der Waals surface area contributed by atoms with Crippen LogP contribution in [0.5, 0.6) is 0 Å². The first-order chi connectivity index (χ1) is 31.8. The summed E-state index contributed by atoms with van der Waals surface area (Å²) in [5, 5.41) is 5.69. The second-order valence-corrected chi connectivity index (χ2v) is 21.6. The molecule has 0 aromatic heterocycles. The summed E-state index contributed by atoms with van der Waals surface area (Å²) in [5.41, 5.74) is 13.0. The normalized spacial score (nSPS) is 13.8. The van der Waals surface area contributed by atoms with Gasteiger partial charge in [-0.2, -0.15) is 0 Å². The van der Waals surface area contributed by atoms with Gasteiger partial charge in [-0.15, -0.1) is 0 Å².